The molecule has 0 radical (unpaired) electrons. The van der Waals surface area contributed by atoms with Crippen LogP contribution in [0.2, 0.25) is 0 Å². The average molecular weight is 144 g/mol. The summed E-state index contributed by atoms with van der Waals surface area (Å²) in [6.45, 7) is 0. The minimum atomic E-state index is -0.846. The van der Waals surface area contributed by atoms with Gasteiger partial charge < -0.3 is 5.11 Å². The van der Waals surface area contributed by atoms with Crippen molar-refractivity contribution >= 4 is 17.5 Å². The van der Waals surface area contributed by atoms with Gasteiger partial charge in [0.25, 0.3) is 0 Å². The van der Waals surface area contributed by atoms with E-state index < -0.39 is 5.97 Å². The Morgan fingerprint density at radius 2 is 2.67 bits per heavy atom. The molecule has 0 amide bonds. The van der Waals surface area contributed by atoms with Crippen molar-refractivity contribution in [2.45, 2.75) is 6.42 Å². The topological polar surface area (TPSA) is 63.1 Å². The maximum absolute atomic E-state index is 10.0. The van der Waals surface area contributed by atoms with Crippen LogP contribution in [-0.2, 0) is 11.2 Å². The minimum absolute atomic E-state index is 0.0255. The summed E-state index contributed by atoms with van der Waals surface area (Å²) in [6, 6.07) is 0. The van der Waals surface area contributed by atoms with Crippen molar-refractivity contribution in [1.29, 1.82) is 0 Å². The molecule has 0 spiro atoms. The number of hydrogen-bond acceptors (Lipinski definition) is 4. The predicted molar refractivity (Wildman–Crippen MR) is 31.2 cm³/mol. The molecule has 1 N–H and O–H groups in total. The summed E-state index contributed by atoms with van der Waals surface area (Å²) in [5.41, 5.74) is 0. The number of nitrogens with zero attached hydrogens (tertiary/aromatic N) is 2. The van der Waals surface area contributed by atoms with Gasteiger partial charge >= 0.3 is 5.97 Å². The normalized spacial score (nSPS) is 9.33. The smallest absolute Gasteiger partial charge is 0.308 e. The van der Waals surface area contributed by atoms with Crippen LogP contribution in [0.3, 0.4) is 0 Å². The summed E-state index contributed by atoms with van der Waals surface area (Å²) < 4.78 is 3.50. The van der Waals surface area contributed by atoms with Gasteiger partial charge in [-0.25, -0.2) is 0 Å². The van der Waals surface area contributed by atoms with Gasteiger partial charge in [0.05, 0.1) is 17.5 Å². The largest absolute Gasteiger partial charge is 0.481 e. The van der Waals surface area contributed by atoms with Gasteiger partial charge in [-0.2, -0.15) is 0 Å². The van der Waals surface area contributed by atoms with Crippen molar-refractivity contribution in [3.05, 3.63) is 11.1 Å². The summed E-state index contributed by atoms with van der Waals surface area (Å²) in [5.74, 6) is -0.846. The molecule has 0 fully saturated rings. The number of carboxylic acids is 1. The van der Waals surface area contributed by atoms with Crippen molar-refractivity contribution < 1.29 is 9.90 Å². The van der Waals surface area contributed by atoms with E-state index in [4.69, 9.17) is 5.11 Å². The molecule has 5 heteroatoms. The molecule has 0 aromatic carbocycles. The third-order valence-electron chi connectivity index (χ3n) is 0.732. The van der Waals surface area contributed by atoms with Crippen molar-refractivity contribution in [3.8, 4) is 0 Å². The van der Waals surface area contributed by atoms with E-state index in [0.29, 0.717) is 4.88 Å². The molecule has 1 rings (SSSR count). The second-order valence-corrected chi connectivity index (χ2v) is 2.32. The Hall–Kier alpha value is -0.970. The van der Waals surface area contributed by atoms with Crippen LogP contribution in [0.4, 0.5) is 0 Å². The van der Waals surface area contributed by atoms with Crippen LogP contribution in [0.5, 0.6) is 0 Å². The van der Waals surface area contributed by atoms with E-state index in [1.807, 2.05) is 0 Å². The van der Waals surface area contributed by atoms with E-state index in [9.17, 15) is 4.79 Å². The summed E-state index contributed by atoms with van der Waals surface area (Å²) in [4.78, 5) is 10.7. The molecular formula is C4H4N2O2S. The molecule has 0 aliphatic carbocycles. The highest BCUT2D eigenvalue weighted by Crippen LogP contribution is 2.01. The molecule has 9 heavy (non-hydrogen) atoms. The van der Waals surface area contributed by atoms with Crippen LogP contribution >= 0.6 is 11.5 Å². The first-order chi connectivity index (χ1) is 4.29. The molecule has 0 saturated carbocycles. The van der Waals surface area contributed by atoms with Crippen molar-refractivity contribution in [2.24, 2.45) is 0 Å². The number of carbonyl (C=O) groups is 1. The second kappa shape index (κ2) is 2.54. The third kappa shape index (κ3) is 1.77. The lowest BCUT2D eigenvalue weighted by Gasteiger charge is -1.82. The van der Waals surface area contributed by atoms with Gasteiger partial charge in [0.2, 0.25) is 0 Å². The van der Waals surface area contributed by atoms with Crippen LogP contribution in [0.1, 0.15) is 4.88 Å². The molecule has 1 aromatic heterocycles. The highest BCUT2D eigenvalue weighted by Gasteiger charge is 2.00. The number of rotatable bonds is 2. The number of carboxylic acid groups (broad SMARTS) is 1. The van der Waals surface area contributed by atoms with E-state index >= 15 is 0 Å². The average Bonchev–Trinajstić information content (AvgIpc) is 2.15. The highest BCUT2D eigenvalue weighted by molar-refractivity contribution is 7.05. The predicted octanol–water partition coefficient (Wildman–Crippen LogP) is 0.165. The van der Waals surface area contributed by atoms with Crippen molar-refractivity contribution in [3.63, 3.8) is 0 Å². The van der Waals surface area contributed by atoms with Crippen LogP contribution in [0.15, 0.2) is 6.20 Å². The molecule has 0 aliphatic rings. The molecular weight excluding hydrogens is 140 g/mol. The monoisotopic (exact) mass is 144 g/mol. The fourth-order valence-corrected chi connectivity index (χ4v) is 0.896. The molecule has 0 saturated heterocycles. The maximum atomic E-state index is 10.0. The highest BCUT2D eigenvalue weighted by atomic mass is 32.1. The molecule has 0 aliphatic heterocycles. The molecule has 0 bridgehead atoms. The van der Waals surface area contributed by atoms with Gasteiger partial charge in [-0.15, -0.1) is 5.10 Å². The van der Waals surface area contributed by atoms with E-state index in [2.05, 4.69) is 9.59 Å². The first-order valence-electron chi connectivity index (χ1n) is 2.27. The van der Waals surface area contributed by atoms with E-state index in [1.54, 1.807) is 0 Å². The minimum Gasteiger partial charge on any atom is -0.481 e. The molecule has 1 heterocycles. The maximum Gasteiger partial charge on any atom is 0.308 e. The van der Waals surface area contributed by atoms with Gasteiger partial charge in [-0.3, -0.25) is 4.79 Å². The van der Waals surface area contributed by atoms with Crippen molar-refractivity contribution in [2.75, 3.05) is 0 Å². The molecule has 0 atom stereocenters. The number of aromatic nitrogens is 2. The van der Waals surface area contributed by atoms with E-state index in [-0.39, 0.29) is 6.42 Å². The lowest BCUT2D eigenvalue weighted by molar-refractivity contribution is -0.136. The van der Waals surface area contributed by atoms with Gasteiger partial charge in [0.15, 0.2) is 0 Å². The Labute approximate surface area is 55.3 Å². The zero-order chi connectivity index (χ0) is 6.69. The Morgan fingerprint density at radius 3 is 3.11 bits per heavy atom. The molecule has 4 nitrogen and oxygen atoms in total. The summed E-state index contributed by atoms with van der Waals surface area (Å²) in [7, 11) is 0. The fraction of sp³-hybridized carbons (Fsp3) is 0.250. The van der Waals surface area contributed by atoms with Crippen LogP contribution in [-0.4, -0.2) is 20.7 Å². The first-order valence-corrected chi connectivity index (χ1v) is 3.04. The van der Waals surface area contributed by atoms with Gasteiger partial charge in [-0.05, 0) is 11.5 Å². The van der Waals surface area contributed by atoms with Crippen LogP contribution in [0.25, 0.3) is 0 Å². The zero-order valence-electron chi connectivity index (χ0n) is 4.44. The second-order valence-electron chi connectivity index (χ2n) is 1.45. The SMILES string of the molecule is O=C(O)Cc1cnns1. The standard InChI is InChI=1S/C4H4N2O2S/c7-4(8)1-3-2-5-6-9-3/h2H,1H2,(H,7,8). The Morgan fingerprint density at radius 1 is 1.89 bits per heavy atom. The quantitative estimate of drug-likeness (QED) is 0.642. The van der Waals surface area contributed by atoms with Crippen LogP contribution in [0, 0.1) is 0 Å². The zero-order valence-corrected chi connectivity index (χ0v) is 5.26. The van der Waals surface area contributed by atoms with E-state index in [1.165, 1.54) is 6.20 Å². The lowest BCUT2D eigenvalue weighted by atomic mass is 10.4. The molecule has 48 valence electrons. The first kappa shape index (κ1) is 6.15. The van der Waals surface area contributed by atoms with Gasteiger partial charge in [-0.1, -0.05) is 4.49 Å². The Balaban J connectivity index is 2.58. The number of hydrogen-bond donors (Lipinski definition) is 1. The Bertz CT molecular complexity index is 196. The van der Waals surface area contributed by atoms with Gasteiger partial charge in [0, 0.05) is 0 Å². The van der Waals surface area contributed by atoms with E-state index in [0.717, 1.165) is 11.5 Å². The Kier molecular flexibility index (Phi) is 1.74. The molecule has 0 unspecified atom stereocenters. The fourth-order valence-electron chi connectivity index (χ4n) is 0.415. The molecule has 1 aromatic rings. The number of aliphatic carboxylic acids is 1. The lowest BCUT2D eigenvalue weighted by Crippen LogP contribution is -1.97. The third-order valence-corrected chi connectivity index (χ3v) is 1.39. The van der Waals surface area contributed by atoms with Crippen LogP contribution < -0.4 is 0 Å². The summed E-state index contributed by atoms with van der Waals surface area (Å²) in [5, 5.41) is 11.7. The van der Waals surface area contributed by atoms with Crippen molar-refractivity contribution in [1.82, 2.24) is 9.59 Å². The van der Waals surface area contributed by atoms with Gasteiger partial charge in [0.1, 0.15) is 0 Å². The summed E-state index contributed by atoms with van der Waals surface area (Å²) in [6.07, 6.45) is 1.48. The summed E-state index contributed by atoms with van der Waals surface area (Å²) >= 11 is 1.11.